The highest BCUT2D eigenvalue weighted by Crippen LogP contribution is 2.18. The van der Waals surface area contributed by atoms with Crippen molar-refractivity contribution in [2.75, 3.05) is 0 Å². The Kier molecular flexibility index (Phi) is 7.21. The van der Waals surface area contributed by atoms with Crippen LogP contribution in [0.15, 0.2) is 53.0 Å². The molecule has 0 radical (unpaired) electrons. The number of nitrogens with one attached hydrogen (secondary N) is 1. The van der Waals surface area contributed by atoms with E-state index in [1.807, 2.05) is 37.3 Å². The Hall–Kier alpha value is -2.82. The predicted octanol–water partition coefficient (Wildman–Crippen LogP) is 4.19. The quantitative estimate of drug-likeness (QED) is 0.569. The van der Waals surface area contributed by atoms with E-state index in [2.05, 4.69) is 12.2 Å². The fourth-order valence-corrected chi connectivity index (χ4v) is 2.55. The predicted molar refractivity (Wildman–Crippen MR) is 100 cm³/mol. The largest absolute Gasteiger partial charge is 0.462 e. The van der Waals surface area contributed by atoms with Crippen molar-refractivity contribution >= 4 is 18.0 Å². The van der Waals surface area contributed by atoms with E-state index in [0.29, 0.717) is 5.76 Å². The first-order valence-electron chi connectivity index (χ1n) is 8.80. The van der Waals surface area contributed by atoms with Gasteiger partial charge in [0.1, 0.15) is 11.5 Å². The van der Waals surface area contributed by atoms with Crippen LogP contribution in [0, 0.1) is 6.92 Å². The molecule has 1 aromatic heterocycles. The van der Waals surface area contributed by atoms with Gasteiger partial charge in [-0.15, -0.1) is 0 Å². The van der Waals surface area contributed by atoms with Crippen LogP contribution in [0.4, 0.5) is 0 Å². The monoisotopic (exact) mass is 355 g/mol. The fourth-order valence-electron chi connectivity index (χ4n) is 2.55. The summed E-state index contributed by atoms with van der Waals surface area (Å²) in [6.07, 6.45) is 3.63. The van der Waals surface area contributed by atoms with Crippen molar-refractivity contribution in [3.63, 3.8) is 0 Å². The van der Waals surface area contributed by atoms with Crippen LogP contribution in [0.25, 0.3) is 6.08 Å². The molecule has 0 bridgehead atoms. The molecule has 138 valence electrons. The first-order chi connectivity index (χ1) is 12.5. The number of carbonyl (C=O) groups excluding carboxylic acids is 2. The number of amides is 1. The summed E-state index contributed by atoms with van der Waals surface area (Å²) >= 11 is 0. The van der Waals surface area contributed by atoms with Gasteiger partial charge < -0.3 is 14.5 Å². The first-order valence-corrected chi connectivity index (χ1v) is 8.80. The molecule has 26 heavy (non-hydrogen) atoms. The zero-order valence-electron chi connectivity index (χ0n) is 15.4. The summed E-state index contributed by atoms with van der Waals surface area (Å²) in [5.41, 5.74) is 1.04. The summed E-state index contributed by atoms with van der Waals surface area (Å²) in [5, 5.41) is 2.96. The second kappa shape index (κ2) is 9.61. The minimum absolute atomic E-state index is 0.100. The molecule has 1 N–H and O–H groups in total. The molecule has 0 saturated carbocycles. The molecule has 2 atom stereocenters. The topological polar surface area (TPSA) is 68.5 Å². The Morgan fingerprint density at radius 2 is 1.92 bits per heavy atom. The smallest absolute Gasteiger partial charge is 0.331 e. The van der Waals surface area contributed by atoms with Crippen LogP contribution in [0.3, 0.4) is 0 Å². The number of ether oxygens (including phenoxy) is 1. The van der Waals surface area contributed by atoms with E-state index >= 15 is 0 Å². The van der Waals surface area contributed by atoms with Gasteiger partial charge in [-0.25, -0.2) is 4.79 Å². The number of esters is 1. The summed E-state index contributed by atoms with van der Waals surface area (Å²) < 4.78 is 10.5. The number of hydrogen-bond acceptors (Lipinski definition) is 4. The van der Waals surface area contributed by atoms with Gasteiger partial charge in [-0.2, -0.15) is 0 Å². The van der Waals surface area contributed by atoms with Gasteiger partial charge in [0.25, 0.3) is 5.91 Å². The van der Waals surface area contributed by atoms with E-state index in [4.69, 9.17) is 9.15 Å². The van der Waals surface area contributed by atoms with Crippen molar-refractivity contribution < 1.29 is 18.7 Å². The van der Waals surface area contributed by atoms with E-state index in [9.17, 15) is 9.59 Å². The van der Waals surface area contributed by atoms with Crippen LogP contribution in [-0.2, 0) is 14.3 Å². The lowest BCUT2D eigenvalue weighted by Gasteiger charge is -2.21. The third-order valence-corrected chi connectivity index (χ3v) is 3.90. The van der Waals surface area contributed by atoms with Gasteiger partial charge in [-0.05, 0) is 44.0 Å². The normalized spacial score (nSPS) is 13.3. The summed E-state index contributed by atoms with van der Waals surface area (Å²) in [7, 11) is 0. The highest BCUT2D eigenvalue weighted by atomic mass is 16.5. The maximum absolute atomic E-state index is 12.4. The molecular weight excluding hydrogens is 330 g/mol. The average molecular weight is 355 g/mol. The maximum atomic E-state index is 12.4. The van der Waals surface area contributed by atoms with E-state index in [0.717, 1.165) is 24.2 Å². The van der Waals surface area contributed by atoms with Gasteiger partial charge in [0.05, 0.1) is 6.04 Å². The lowest BCUT2D eigenvalue weighted by atomic mass is 10.0. The minimum atomic E-state index is -0.881. The Labute approximate surface area is 154 Å². The van der Waals surface area contributed by atoms with Crippen LogP contribution < -0.4 is 5.32 Å². The number of aryl methyl sites for hydroxylation is 1. The van der Waals surface area contributed by atoms with E-state index in [-0.39, 0.29) is 11.9 Å². The number of rotatable bonds is 8. The number of carbonyl (C=O) groups is 2. The summed E-state index contributed by atoms with van der Waals surface area (Å²) in [5.74, 6) is 0.411. The van der Waals surface area contributed by atoms with Crippen molar-refractivity contribution in [2.45, 2.75) is 45.8 Å². The highest BCUT2D eigenvalue weighted by molar-refractivity contribution is 5.90. The standard InChI is InChI=1S/C21H25NO4/c1-4-8-19(17-9-6-5-7-10-17)22-21(24)16(3)26-20(23)14-13-18-12-11-15(2)25-18/h5-7,9-14,16,19H,4,8H2,1-3H3,(H,22,24)/b14-13+. The maximum Gasteiger partial charge on any atom is 0.331 e. The Balaban J connectivity index is 1.91. The van der Waals surface area contributed by atoms with Gasteiger partial charge in [0.2, 0.25) is 0 Å². The van der Waals surface area contributed by atoms with E-state index < -0.39 is 12.1 Å². The zero-order chi connectivity index (χ0) is 18.9. The lowest BCUT2D eigenvalue weighted by molar-refractivity contribution is -0.150. The molecule has 2 unspecified atom stereocenters. The van der Waals surface area contributed by atoms with Crippen LogP contribution >= 0.6 is 0 Å². The number of benzene rings is 1. The van der Waals surface area contributed by atoms with Gasteiger partial charge in [-0.3, -0.25) is 4.79 Å². The Bertz CT molecular complexity index is 748. The van der Waals surface area contributed by atoms with E-state index in [1.165, 1.54) is 12.2 Å². The minimum Gasteiger partial charge on any atom is -0.462 e. The fraction of sp³-hybridized carbons (Fsp3) is 0.333. The molecule has 0 spiro atoms. The molecule has 0 aliphatic carbocycles. The van der Waals surface area contributed by atoms with Crippen molar-refractivity contribution in [1.82, 2.24) is 5.32 Å². The van der Waals surface area contributed by atoms with Crippen molar-refractivity contribution in [2.24, 2.45) is 0 Å². The Morgan fingerprint density at radius 3 is 2.54 bits per heavy atom. The van der Waals surface area contributed by atoms with Crippen LogP contribution in [0.5, 0.6) is 0 Å². The first kappa shape index (κ1) is 19.5. The van der Waals surface area contributed by atoms with Crippen molar-refractivity contribution in [3.8, 4) is 0 Å². The third-order valence-electron chi connectivity index (χ3n) is 3.90. The van der Waals surface area contributed by atoms with Crippen LogP contribution in [0.2, 0.25) is 0 Å². The molecule has 1 heterocycles. The molecule has 1 aromatic carbocycles. The average Bonchev–Trinajstić information content (AvgIpc) is 3.05. The second-order valence-electron chi connectivity index (χ2n) is 6.12. The zero-order valence-corrected chi connectivity index (χ0v) is 15.4. The third kappa shape index (κ3) is 5.92. The van der Waals surface area contributed by atoms with Crippen molar-refractivity contribution in [1.29, 1.82) is 0 Å². The van der Waals surface area contributed by atoms with Crippen LogP contribution in [0.1, 0.15) is 49.8 Å². The molecule has 2 rings (SSSR count). The van der Waals surface area contributed by atoms with Crippen LogP contribution in [-0.4, -0.2) is 18.0 Å². The number of hydrogen-bond donors (Lipinski definition) is 1. The molecule has 0 aliphatic rings. The second-order valence-corrected chi connectivity index (χ2v) is 6.12. The summed E-state index contributed by atoms with van der Waals surface area (Å²) in [6, 6.07) is 13.2. The molecule has 5 heteroatoms. The molecule has 2 aromatic rings. The highest BCUT2D eigenvalue weighted by Gasteiger charge is 2.20. The Morgan fingerprint density at radius 1 is 1.19 bits per heavy atom. The van der Waals surface area contributed by atoms with E-state index in [1.54, 1.807) is 19.1 Å². The van der Waals surface area contributed by atoms with Gasteiger partial charge in [0, 0.05) is 6.08 Å². The van der Waals surface area contributed by atoms with Crippen molar-refractivity contribution in [3.05, 3.63) is 65.6 Å². The van der Waals surface area contributed by atoms with Gasteiger partial charge >= 0.3 is 5.97 Å². The van der Waals surface area contributed by atoms with Gasteiger partial charge in [-0.1, -0.05) is 43.7 Å². The molecule has 5 nitrogen and oxygen atoms in total. The van der Waals surface area contributed by atoms with Gasteiger partial charge in [0.15, 0.2) is 6.10 Å². The molecular formula is C21H25NO4. The summed E-state index contributed by atoms with van der Waals surface area (Å²) in [6.45, 7) is 5.44. The SMILES string of the molecule is CCCC(NC(=O)C(C)OC(=O)/C=C/c1ccc(C)o1)c1ccccc1. The molecule has 0 aliphatic heterocycles. The molecule has 0 saturated heterocycles. The summed E-state index contributed by atoms with van der Waals surface area (Å²) in [4.78, 5) is 24.3. The molecule has 1 amide bonds. The number of furan rings is 1. The molecule has 0 fully saturated rings. The lowest BCUT2D eigenvalue weighted by Crippen LogP contribution is -2.38.